The van der Waals surface area contributed by atoms with Crippen LogP contribution in [0.25, 0.3) is 0 Å². The Balaban J connectivity index is 2.06. The Kier molecular flexibility index (Phi) is 11.4. The molecule has 0 aliphatic carbocycles. The van der Waals surface area contributed by atoms with Gasteiger partial charge in [0.15, 0.2) is 0 Å². The number of amides is 2. The van der Waals surface area contributed by atoms with Gasteiger partial charge in [0.2, 0.25) is 11.8 Å². The van der Waals surface area contributed by atoms with Gasteiger partial charge in [-0.15, -0.1) is 0 Å². The molecule has 0 radical (unpaired) electrons. The summed E-state index contributed by atoms with van der Waals surface area (Å²) in [5.74, 6) is -0.851. The molecular weight excluding hydrogens is 569 g/mol. The van der Waals surface area contributed by atoms with Crippen molar-refractivity contribution in [2.75, 3.05) is 17.4 Å². The smallest absolute Gasteiger partial charge is 0.264 e. The number of carbonyl (C=O) groups excluding carboxylic acids is 2. The molecule has 3 aromatic carbocycles. The van der Waals surface area contributed by atoms with Gasteiger partial charge in [-0.05, 0) is 66.8 Å². The molecule has 1 atom stereocenters. The van der Waals surface area contributed by atoms with Crippen molar-refractivity contribution in [3.63, 3.8) is 0 Å². The minimum Gasteiger partial charge on any atom is -0.354 e. The number of nitrogens with one attached hydrogen (secondary N) is 1. The number of anilines is 1. The van der Waals surface area contributed by atoms with E-state index in [0.717, 1.165) is 22.7 Å². The molecule has 0 bridgehead atoms. The van der Waals surface area contributed by atoms with Crippen LogP contribution in [0.15, 0.2) is 77.7 Å². The first-order valence-electron chi connectivity index (χ1n) is 13.3. The van der Waals surface area contributed by atoms with E-state index in [1.165, 1.54) is 17.0 Å². The lowest BCUT2D eigenvalue weighted by molar-refractivity contribution is -0.140. The van der Waals surface area contributed by atoms with Crippen LogP contribution in [0.4, 0.5) is 5.69 Å². The van der Waals surface area contributed by atoms with Gasteiger partial charge >= 0.3 is 0 Å². The Labute approximate surface area is 247 Å². The highest BCUT2D eigenvalue weighted by Crippen LogP contribution is 2.27. The molecular formula is C30H35Cl2N3O4S. The summed E-state index contributed by atoms with van der Waals surface area (Å²) >= 11 is 12.5. The maximum atomic E-state index is 14.1. The van der Waals surface area contributed by atoms with Gasteiger partial charge < -0.3 is 10.2 Å². The summed E-state index contributed by atoms with van der Waals surface area (Å²) in [6.45, 7) is 5.70. The summed E-state index contributed by atoms with van der Waals surface area (Å²) in [5, 5.41) is 3.65. The normalized spacial score (nSPS) is 12.0. The highest BCUT2D eigenvalue weighted by molar-refractivity contribution is 7.92. The minimum absolute atomic E-state index is 0.000877. The van der Waals surface area contributed by atoms with Gasteiger partial charge in [0.05, 0.1) is 10.6 Å². The molecule has 2 amide bonds. The second kappa shape index (κ2) is 14.5. The van der Waals surface area contributed by atoms with E-state index in [4.69, 9.17) is 23.2 Å². The van der Waals surface area contributed by atoms with Crippen LogP contribution in [-0.2, 0) is 32.6 Å². The fourth-order valence-electron chi connectivity index (χ4n) is 4.27. The minimum atomic E-state index is -4.11. The van der Waals surface area contributed by atoms with Gasteiger partial charge in [-0.25, -0.2) is 8.42 Å². The molecule has 0 aromatic heterocycles. The van der Waals surface area contributed by atoms with E-state index >= 15 is 0 Å². The lowest BCUT2D eigenvalue weighted by atomic mass is 10.1. The standard InChI is InChI=1S/C30H35Cl2N3O4S/c1-4-18-33-30(37)28(6-3)34(20-23-14-15-24(31)19-27(23)32)29(36)21-35(25-16-12-22(5-2)13-17-25)40(38,39)26-10-8-7-9-11-26/h7-17,19,28H,4-6,18,20-21H2,1-3H3,(H,33,37)/t28-/m1/s1. The van der Waals surface area contributed by atoms with Crippen LogP contribution < -0.4 is 9.62 Å². The zero-order valence-electron chi connectivity index (χ0n) is 22.9. The maximum Gasteiger partial charge on any atom is 0.264 e. The Morgan fingerprint density at radius 1 is 0.925 bits per heavy atom. The third kappa shape index (κ3) is 7.77. The number of hydrogen-bond acceptors (Lipinski definition) is 4. The van der Waals surface area contributed by atoms with Crippen LogP contribution in [0, 0.1) is 0 Å². The summed E-state index contributed by atoms with van der Waals surface area (Å²) in [6, 6.07) is 19.1. The molecule has 0 spiro atoms. The second-order valence-corrected chi connectivity index (χ2v) is 12.0. The predicted octanol–water partition coefficient (Wildman–Crippen LogP) is 6.08. The molecule has 40 heavy (non-hydrogen) atoms. The van der Waals surface area contributed by atoms with Crippen molar-refractivity contribution in [2.45, 2.75) is 57.5 Å². The second-order valence-electron chi connectivity index (χ2n) is 9.32. The third-order valence-electron chi connectivity index (χ3n) is 6.53. The summed E-state index contributed by atoms with van der Waals surface area (Å²) in [7, 11) is -4.11. The zero-order valence-corrected chi connectivity index (χ0v) is 25.3. The summed E-state index contributed by atoms with van der Waals surface area (Å²) in [6.07, 6.45) is 1.84. The number of carbonyl (C=O) groups is 2. The molecule has 0 saturated heterocycles. The van der Waals surface area contributed by atoms with Crippen LogP contribution in [0.1, 0.15) is 44.7 Å². The Morgan fingerprint density at radius 2 is 1.60 bits per heavy atom. The summed E-state index contributed by atoms with van der Waals surface area (Å²) < 4.78 is 28.8. The van der Waals surface area contributed by atoms with Crippen molar-refractivity contribution in [3.05, 3.63) is 94.0 Å². The summed E-state index contributed by atoms with van der Waals surface area (Å²) in [5.41, 5.74) is 1.97. The molecule has 1 N–H and O–H groups in total. The van der Waals surface area contributed by atoms with Gasteiger partial charge in [-0.1, -0.05) is 80.4 Å². The molecule has 0 unspecified atom stereocenters. The van der Waals surface area contributed by atoms with Crippen LogP contribution in [0.3, 0.4) is 0 Å². The van der Waals surface area contributed by atoms with Crippen molar-refractivity contribution in [3.8, 4) is 0 Å². The fourth-order valence-corrected chi connectivity index (χ4v) is 6.17. The summed E-state index contributed by atoms with van der Waals surface area (Å²) in [4.78, 5) is 28.7. The molecule has 0 aliphatic rings. The molecule has 10 heteroatoms. The molecule has 0 aliphatic heterocycles. The molecule has 7 nitrogen and oxygen atoms in total. The number of benzene rings is 3. The van der Waals surface area contributed by atoms with Crippen molar-refractivity contribution in [1.82, 2.24) is 10.2 Å². The first kappa shape index (κ1) is 31.5. The topological polar surface area (TPSA) is 86.8 Å². The van der Waals surface area contributed by atoms with Crippen LogP contribution in [0.2, 0.25) is 10.0 Å². The number of aryl methyl sites for hydroxylation is 1. The van der Waals surface area contributed by atoms with Gasteiger partial charge in [0.1, 0.15) is 12.6 Å². The third-order valence-corrected chi connectivity index (χ3v) is 8.91. The lowest BCUT2D eigenvalue weighted by Crippen LogP contribution is -2.52. The number of rotatable bonds is 13. The van der Waals surface area contributed by atoms with Crippen LogP contribution >= 0.6 is 23.2 Å². The fraction of sp³-hybridized carbons (Fsp3) is 0.333. The average molecular weight is 605 g/mol. The van der Waals surface area contributed by atoms with Crippen LogP contribution in [-0.4, -0.2) is 44.3 Å². The molecule has 0 heterocycles. The van der Waals surface area contributed by atoms with Gasteiger partial charge in [-0.3, -0.25) is 13.9 Å². The number of sulfonamides is 1. The van der Waals surface area contributed by atoms with Crippen molar-refractivity contribution >= 4 is 50.7 Å². The van der Waals surface area contributed by atoms with E-state index in [1.807, 2.05) is 32.9 Å². The van der Waals surface area contributed by atoms with Crippen molar-refractivity contribution in [1.29, 1.82) is 0 Å². The Hall–Kier alpha value is -3.07. The van der Waals surface area contributed by atoms with E-state index in [0.29, 0.717) is 34.3 Å². The molecule has 0 fully saturated rings. The molecule has 214 valence electrons. The van der Waals surface area contributed by atoms with Crippen molar-refractivity contribution < 1.29 is 18.0 Å². The molecule has 3 rings (SSSR count). The Bertz CT molecular complexity index is 1400. The predicted molar refractivity (Wildman–Crippen MR) is 161 cm³/mol. The lowest BCUT2D eigenvalue weighted by Gasteiger charge is -2.33. The Morgan fingerprint density at radius 3 is 2.17 bits per heavy atom. The number of hydrogen-bond donors (Lipinski definition) is 1. The van der Waals surface area contributed by atoms with E-state index in [2.05, 4.69) is 5.32 Å². The first-order valence-corrected chi connectivity index (χ1v) is 15.5. The number of nitrogens with zero attached hydrogens (tertiary/aromatic N) is 2. The number of halogens is 2. The van der Waals surface area contributed by atoms with E-state index in [1.54, 1.807) is 48.5 Å². The largest absolute Gasteiger partial charge is 0.354 e. The van der Waals surface area contributed by atoms with E-state index < -0.39 is 28.5 Å². The zero-order chi connectivity index (χ0) is 29.3. The quantitative estimate of drug-likeness (QED) is 0.256. The van der Waals surface area contributed by atoms with E-state index in [9.17, 15) is 18.0 Å². The molecule has 3 aromatic rings. The highest BCUT2D eigenvalue weighted by Gasteiger charge is 2.33. The van der Waals surface area contributed by atoms with Gasteiger partial charge in [0.25, 0.3) is 10.0 Å². The first-order chi connectivity index (χ1) is 19.1. The van der Waals surface area contributed by atoms with E-state index in [-0.39, 0.29) is 17.3 Å². The average Bonchev–Trinajstić information content (AvgIpc) is 2.96. The monoisotopic (exact) mass is 603 g/mol. The van der Waals surface area contributed by atoms with Gasteiger partial charge in [0, 0.05) is 23.1 Å². The van der Waals surface area contributed by atoms with Crippen LogP contribution in [0.5, 0.6) is 0 Å². The molecule has 0 saturated carbocycles. The van der Waals surface area contributed by atoms with Crippen molar-refractivity contribution in [2.24, 2.45) is 0 Å². The highest BCUT2D eigenvalue weighted by atomic mass is 35.5. The SMILES string of the molecule is CCCNC(=O)[C@@H](CC)N(Cc1ccc(Cl)cc1Cl)C(=O)CN(c1ccc(CC)cc1)S(=O)(=O)c1ccccc1. The van der Waals surface area contributed by atoms with Gasteiger partial charge in [-0.2, -0.15) is 0 Å². The maximum absolute atomic E-state index is 14.1.